The van der Waals surface area contributed by atoms with Gasteiger partial charge in [-0.05, 0) is 43.0 Å². The molecule has 2 aromatic rings. The van der Waals surface area contributed by atoms with E-state index in [2.05, 4.69) is 43.0 Å². The van der Waals surface area contributed by atoms with Gasteiger partial charge in [-0.15, -0.1) is 0 Å². The van der Waals surface area contributed by atoms with E-state index in [-0.39, 0.29) is 0 Å². The first-order chi connectivity index (χ1) is 8.24. The van der Waals surface area contributed by atoms with Gasteiger partial charge in [-0.25, -0.2) is 4.68 Å². The molecule has 2 nitrogen and oxygen atoms in total. The number of hydrogen-bond donors (Lipinski definition) is 0. The molecule has 0 aliphatic rings. The van der Waals surface area contributed by atoms with E-state index in [4.69, 9.17) is 0 Å². The van der Waals surface area contributed by atoms with Crippen LogP contribution >= 0.6 is 8.58 Å². The third-order valence-corrected chi connectivity index (χ3v) is 3.80. The summed E-state index contributed by atoms with van der Waals surface area (Å²) in [4.78, 5) is 0. The van der Waals surface area contributed by atoms with Crippen LogP contribution in [0.25, 0.3) is 5.69 Å². The lowest BCUT2D eigenvalue weighted by Crippen LogP contribution is -2.09. The summed E-state index contributed by atoms with van der Waals surface area (Å²) in [6, 6.07) is 8.82. The first-order valence-corrected chi connectivity index (χ1v) is 7.58. The summed E-state index contributed by atoms with van der Waals surface area (Å²) in [7, 11) is 0.801. The van der Waals surface area contributed by atoms with Crippen LogP contribution < -0.4 is 5.30 Å². The van der Waals surface area contributed by atoms with Gasteiger partial charge >= 0.3 is 0 Å². The third-order valence-electron chi connectivity index (χ3n) is 2.84. The Labute approximate surface area is 105 Å². The summed E-state index contributed by atoms with van der Waals surface area (Å²) in [6.45, 7) is 6.46. The molecule has 0 saturated carbocycles. The van der Waals surface area contributed by atoms with Crippen LogP contribution in [0.2, 0.25) is 0 Å². The van der Waals surface area contributed by atoms with Crippen LogP contribution in [0.4, 0.5) is 0 Å². The second-order valence-electron chi connectivity index (χ2n) is 4.25. The van der Waals surface area contributed by atoms with E-state index in [1.165, 1.54) is 23.0 Å². The summed E-state index contributed by atoms with van der Waals surface area (Å²) in [5.74, 6) is 0. The van der Waals surface area contributed by atoms with Gasteiger partial charge in [0.05, 0.1) is 11.4 Å². The normalized spacial score (nSPS) is 11.5. The van der Waals surface area contributed by atoms with Crippen molar-refractivity contribution in [3.05, 3.63) is 41.7 Å². The van der Waals surface area contributed by atoms with Crippen LogP contribution in [0, 0.1) is 6.92 Å². The Bertz CT molecular complexity index is 503. The molecular formula is C14H19N2P. The van der Waals surface area contributed by atoms with Crippen molar-refractivity contribution < 1.29 is 0 Å². The smallest absolute Gasteiger partial charge is 0.0722 e. The van der Waals surface area contributed by atoms with E-state index < -0.39 is 0 Å². The maximum absolute atomic E-state index is 4.51. The van der Waals surface area contributed by atoms with Gasteiger partial charge < -0.3 is 0 Å². The number of nitrogens with zero attached hydrogens (tertiary/aromatic N) is 2. The van der Waals surface area contributed by atoms with Crippen LogP contribution in [0.1, 0.15) is 24.6 Å². The Balaban J connectivity index is 2.45. The summed E-state index contributed by atoms with van der Waals surface area (Å²) < 4.78 is 2.00. The van der Waals surface area contributed by atoms with Crippen molar-refractivity contribution in [2.75, 3.05) is 6.66 Å². The summed E-state index contributed by atoms with van der Waals surface area (Å²) in [6.07, 6.45) is 4.37. The van der Waals surface area contributed by atoms with E-state index in [0.29, 0.717) is 0 Å². The molecule has 2 rings (SSSR count). The zero-order chi connectivity index (χ0) is 12.3. The molecule has 90 valence electrons. The summed E-state index contributed by atoms with van der Waals surface area (Å²) in [5.41, 5.74) is 3.71. The highest BCUT2D eigenvalue weighted by Crippen LogP contribution is 2.16. The van der Waals surface area contributed by atoms with E-state index in [1.54, 1.807) is 0 Å². The predicted octanol–water partition coefficient (Wildman–Crippen LogP) is 3.07. The molecule has 1 aromatic heterocycles. The molecule has 0 radical (unpaired) electrons. The van der Waals surface area contributed by atoms with Gasteiger partial charge in [0.2, 0.25) is 0 Å². The zero-order valence-corrected chi connectivity index (χ0v) is 11.7. The zero-order valence-electron chi connectivity index (χ0n) is 10.7. The highest BCUT2D eigenvalue weighted by molar-refractivity contribution is 7.46. The molecule has 0 spiro atoms. The molecule has 17 heavy (non-hydrogen) atoms. The average Bonchev–Trinajstić information content (AvgIpc) is 2.76. The number of hydrogen-bond acceptors (Lipinski definition) is 1. The molecule has 1 atom stereocenters. The Kier molecular flexibility index (Phi) is 3.96. The minimum Gasteiger partial charge on any atom is -0.240 e. The Morgan fingerprint density at radius 1 is 1.29 bits per heavy atom. The van der Waals surface area contributed by atoms with Gasteiger partial charge in [-0.2, -0.15) is 5.10 Å². The van der Waals surface area contributed by atoms with Crippen LogP contribution in [-0.2, 0) is 6.42 Å². The van der Waals surface area contributed by atoms with Crippen LogP contribution in [-0.4, -0.2) is 16.4 Å². The van der Waals surface area contributed by atoms with Gasteiger partial charge in [-0.3, -0.25) is 0 Å². The minimum absolute atomic E-state index is 0.801. The SMILES string of the molecule is CCCc1ccc(PC)c(-n2ccc(C)n2)c1. The second kappa shape index (κ2) is 5.46. The van der Waals surface area contributed by atoms with Crippen molar-refractivity contribution in [1.82, 2.24) is 9.78 Å². The monoisotopic (exact) mass is 246 g/mol. The van der Waals surface area contributed by atoms with Crippen molar-refractivity contribution in [3.63, 3.8) is 0 Å². The molecular weight excluding hydrogens is 227 g/mol. The maximum Gasteiger partial charge on any atom is 0.0722 e. The molecule has 0 aliphatic heterocycles. The first-order valence-electron chi connectivity index (χ1n) is 6.08. The number of aromatic nitrogens is 2. The number of rotatable bonds is 4. The molecule has 0 aliphatic carbocycles. The molecule has 0 amide bonds. The maximum atomic E-state index is 4.51. The topological polar surface area (TPSA) is 17.8 Å². The molecule has 0 saturated heterocycles. The van der Waals surface area contributed by atoms with Crippen LogP contribution in [0.5, 0.6) is 0 Å². The first kappa shape index (κ1) is 12.3. The highest BCUT2D eigenvalue weighted by Gasteiger charge is 2.05. The molecule has 1 unspecified atom stereocenters. The van der Waals surface area contributed by atoms with Crippen molar-refractivity contribution >= 4 is 13.9 Å². The van der Waals surface area contributed by atoms with Gasteiger partial charge in [0.1, 0.15) is 0 Å². The van der Waals surface area contributed by atoms with E-state index >= 15 is 0 Å². The molecule has 0 bridgehead atoms. The van der Waals surface area contributed by atoms with E-state index in [1.807, 2.05) is 17.8 Å². The third kappa shape index (κ3) is 2.76. The standard InChI is InChI=1S/C14H19N2P/c1-4-5-12-6-7-14(17-3)13(10-12)16-9-8-11(2)15-16/h6-10,17H,4-5H2,1-3H3. The van der Waals surface area contributed by atoms with Crippen molar-refractivity contribution in [1.29, 1.82) is 0 Å². The fourth-order valence-electron chi connectivity index (χ4n) is 1.97. The lowest BCUT2D eigenvalue weighted by molar-refractivity contribution is 0.859. The fourth-order valence-corrected chi connectivity index (χ4v) is 2.66. The Hall–Kier alpha value is -1.14. The minimum atomic E-state index is 0.801. The van der Waals surface area contributed by atoms with Crippen LogP contribution in [0.15, 0.2) is 30.5 Å². The molecule has 0 fully saturated rings. The summed E-state index contributed by atoms with van der Waals surface area (Å²) >= 11 is 0. The molecule has 1 aromatic carbocycles. The molecule has 1 heterocycles. The number of benzene rings is 1. The average molecular weight is 246 g/mol. The molecule has 0 N–H and O–H groups in total. The van der Waals surface area contributed by atoms with Crippen molar-refractivity contribution in [2.24, 2.45) is 0 Å². The lowest BCUT2D eigenvalue weighted by Gasteiger charge is -2.10. The van der Waals surface area contributed by atoms with Crippen LogP contribution in [0.3, 0.4) is 0 Å². The second-order valence-corrected chi connectivity index (χ2v) is 5.29. The summed E-state index contributed by atoms with van der Waals surface area (Å²) in [5, 5.41) is 5.89. The largest absolute Gasteiger partial charge is 0.240 e. The van der Waals surface area contributed by atoms with E-state index in [0.717, 1.165) is 20.7 Å². The van der Waals surface area contributed by atoms with Crippen molar-refractivity contribution in [2.45, 2.75) is 26.7 Å². The lowest BCUT2D eigenvalue weighted by atomic mass is 10.1. The van der Waals surface area contributed by atoms with Crippen molar-refractivity contribution in [3.8, 4) is 5.69 Å². The van der Waals surface area contributed by atoms with Gasteiger partial charge in [-0.1, -0.05) is 34.1 Å². The van der Waals surface area contributed by atoms with Gasteiger partial charge in [0.25, 0.3) is 0 Å². The Morgan fingerprint density at radius 3 is 2.71 bits per heavy atom. The highest BCUT2D eigenvalue weighted by atomic mass is 31.1. The quantitative estimate of drug-likeness (QED) is 0.758. The number of aryl methyl sites for hydroxylation is 2. The Morgan fingerprint density at radius 2 is 2.12 bits per heavy atom. The van der Waals surface area contributed by atoms with E-state index in [9.17, 15) is 0 Å². The fraction of sp³-hybridized carbons (Fsp3) is 0.357. The van der Waals surface area contributed by atoms with Gasteiger partial charge in [0, 0.05) is 6.20 Å². The van der Waals surface area contributed by atoms with Gasteiger partial charge in [0.15, 0.2) is 0 Å². The predicted molar refractivity (Wildman–Crippen MR) is 76.2 cm³/mol. The molecule has 3 heteroatoms.